The summed E-state index contributed by atoms with van der Waals surface area (Å²) in [5.74, 6) is 1.89. The molecule has 0 bridgehead atoms. The lowest BCUT2D eigenvalue weighted by Gasteiger charge is -2.27. The first-order valence-corrected chi connectivity index (χ1v) is 7.54. The van der Waals surface area contributed by atoms with E-state index >= 15 is 0 Å². The number of aromatic nitrogens is 2. The Kier molecular flexibility index (Phi) is 3.03. The summed E-state index contributed by atoms with van der Waals surface area (Å²) < 4.78 is 5.37. The lowest BCUT2D eigenvalue weighted by molar-refractivity contribution is 0.351. The number of hydrogen-bond acceptors (Lipinski definition) is 4. The summed E-state index contributed by atoms with van der Waals surface area (Å²) in [7, 11) is 0. The molecular formula is C16H19N3O. The van der Waals surface area contributed by atoms with Crippen LogP contribution in [0.1, 0.15) is 54.4 Å². The molecule has 1 saturated carbocycles. The summed E-state index contributed by atoms with van der Waals surface area (Å²) in [6.45, 7) is 0.700. The molecule has 1 aromatic carbocycles. The van der Waals surface area contributed by atoms with Gasteiger partial charge >= 0.3 is 0 Å². The van der Waals surface area contributed by atoms with Crippen LogP contribution in [0.15, 0.2) is 28.8 Å². The predicted molar refractivity (Wildman–Crippen MR) is 75.4 cm³/mol. The van der Waals surface area contributed by atoms with Crippen LogP contribution in [-0.2, 0) is 13.0 Å². The van der Waals surface area contributed by atoms with Gasteiger partial charge in [-0.25, -0.2) is 0 Å². The fourth-order valence-corrected chi connectivity index (χ4v) is 3.33. The molecule has 0 radical (unpaired) electrons. The molecule has 2 aromatic rings. The lowest BCUT2D eigenvalue weighted by atomic mass is 9.77. The van der Waals surface area contributed by atoms with E-state index in [0.29, 0.717) is 18.5 Å². The van der Waals surface area contributed by atoms with Gasteiger partial charge in [-0.3, -0.25) is 0 Å². The normalized spacial score (nSPS) is 21.7. The zero-order chi connectivity index (χ0) is 13.4. The first-order valence-electron chi connectivity index (χ1n) is 7.54. The first kappa shape index (κ1) is 12.1. The summed E-state index contributed by atoms with van der Waals surface area (Å²) in [6, 6.07) is 9.13. The molecule has 1 fully saturated rings. The van der Waals surface area contributed by atoms with Crippen LogP contribution < -0.4 is 5.32 Å². The van der Waals surface area contributed by atoms with Crippen molar-refractivity contribution < 1.29 is 4.52 Å². The van der Waals surface area contributed by atoms with Gasteiger partial charge in [0.1, 0.15) is 0 Å². The van der Waals surface area contributed by atoms with Crippen LogP contribution in [0.4, 0.5) is 0 Å². The standard InChI is InChI=1S/C16H19N3O/c1-4-8-13-11(5-1)9-14(13)16-18-15(20-19-16)10-17-12-6-2-3-7-12/h1,4-5,8,12,14,17H,2-3,6-7,9-10H2. The van der Waals surface area contributed by atoms with Gasteiger partial charge in [-0.15, -0.1) is 0 Å². The maximum absolute atomic E-state index is 5.37. The van der Waals surface area contributed by atoms with Crippen LogP contribution in [0.5, 0.6) is 0 Å². The van der Waals surface area contributed by atoms with Crippen molar-refractivity contribution >= 4 is 0 Å². The highest BCUT2D eigenvalue weighted by molar-refractivity contribution is 5.43. The van der Waals surface area contributed by atoms with Gasteiger partial charge in [0.2, 0.25) is 5.89 Å². The second kappa shape index (κ2) is 5.02. The van der Waals surface area contributed by atoms with Crippen molar-refractivity contribution in [1.29, 1.82) is 0 Å². The predicted octanol–water partition coefficient (Wildman–Crippen LogP) is 2.79. The number of nitrogens with one attached hydrogen (secondary N) is 1. The summed E-state index contributed by atoms with van der Waals surface area (Å²) >= 11 is 0. The zero-order valence-electron chi connectivity index (χ0n) is 11.5. The molecule has 0 spiro atoms. The number of benzene rings is 1. The van der Waals surface area contributed by atoms with Gasteiger partial charge < -0.3 is 9.84 Å². The number of rotatable bonds is 4. The van der Waals surface area contributed by atoms with Gasteiger partial charge in [-0.05, 0) is 30.4 Å². The van der Waals surface area contributed by atoms with E-state index in [1.165, 1.54) is 36.8 Å². The highest BCUT2D eigenvalue weighted by Gasteiger charge is 2.30. The molecule has 1 atom stereocenters. The van der Waals surface area contributed by atoms with Gasteiger partial charge in [-0.2, -0.15) is 4.98 Å². The molecule has 0 aliphatic heterocycles. The van der Waals surface area contributed by atoms with Gasteiger partial charge in [0, 0.05) is 6.04 Å². The molecule has 1 heterocycles. The SMILES string of the molecule is c1ccc2c(c1)CC2c1noc(CNC2CCCC2)n1. The van der Waals surface area contributed by atoms with Crippen LogP contribution >= 0.6 is 0 Å². The van der Waals surface area contributed by atoms with E-state index in [1.54, 1.807) is 0 Å². The molecule has 20 heavy (non-hydrogen) atoms. The van der Waals surface area contributed by atoms with Gasteiger partial charge in [0.15, 0.2) is 5.82 Å². The Labute approximate surface area is 118 Å². The van der Waals surface area contributed by atoms with Crippen molar-refractivity contribution in [3.8, 4) is 0 Å². The molecule has 4 heteroatoms. The van der Waals surface area contributed by atoms with Crippen LogP contribution in [0.25, 0.3) is 0 Å². The molecular weight excluding hydrogens is 250 g/mol. The number of nitrogens with zero attached hydrogens (tertiary/aromatic N) is 2. The minimum atomic E-state index is 0.329. The van der Waals surface area contributed by atoms with Crippen LogP contribution in [0, 0.1) is 0 Å². The molecule has 0 saturated heterocycles. The topological polar surface area (TPSA) is 51.0 Å². The van der Waals surface area contributed by atoms with Gasteiger partial charge in [0.25, 0.3) is 0 Å². The highest BCUT2D eigenvalue weighted by Crippen LogP contribution is 2.38. The summed E-state index contributed by atoms with van der Waals surface area (Å²) in [5, 5.41) is 7.67. The smallest absolute Gasteiger partial charge is 0.240 e. The minimum absolute atomic E-state index is 0.329. The summed E-state index contributed by atoms with van der Waals surface area (Å²) in [5.41, 5.74) is 2.76. The van der Waals surface area contributed by atoms with E-state index in [-0.39, 0.29) is 0 Å². The van der Waals surface area contributed by atoms with Crippen molar-refractivity contribution in [2.75, 3.05) is 0 Å². The molecule has 1 N–H and O–H groups in total. The molecule has 1 aromatic heterocycles. The number of fused-ring (bicyclic) bond motifs is 1. The Morgan fingerprint density at radius 1 is 1.20 bits per heavy atom. The highest BCUT2D eigenvalue weighted by atomic mass is 16.5. The molecule has 2 aliphatic carbocycles. The quantitative estimate of drug-likeness (QED) is 0.927. The van der Waals surface area contributed by atoms with Crippen molar-refractivity contribution in [3.05, 3.63) is 47.1 Å². The van der Waals surface area contributed by atoms with E-state index < -0.39 is 0 Å². The van der Waals surface area contributed by atoms with Gasteiger partial charge in [-0.1, -0.05) is 42.3 Å². The molecule has 1 unspecified atom stereocenters. The Morgan fingerprint density at radius 2 is 2.05 bits per heavy atom. The van der Waals surface area contributed by atoms with Crippen molar-refractivity contribution in [1.82, 2.24) is 15.5 Å². The molecule has 0 amide bonds. The van der Waals surface area contributed by atoms with E-state index in [2.05, 4.69) is 39.7 Å². The fourth-order valence-electron chi connectivity index (χ4n) is 3.33. The Bertz CT molecular complexity index is 601. The van der Waals surface area contributed by atoms with Crippen LogP contribution in [0.3, 0.4) is 0 Å². The summed E-state index contributed by atoms with van der Waals surface area (Å²) in [6.07, 6.45) is 6.26. The Morgan fingerprint density at radius 3 is 2.90 bits per heavy atom. The Hall–Kier alpha value is -1.68. The molecule has 104 valence electrons. The average molecular weight is 269 g/mol. The van der Waals surface area contributed by atoms with E-state index in [9.17, 15) is 0 Å². The second-order valence-electron chi connectivity index (χ2n) is 5.86. The Balaban J connectivity index is 1.41. The van der Waals surface area contributed by atoms with Crippen LogP contribution in [-0.4, -0.2) is 16.2 Å². The minimum Gasteiger partial charge on any atom is -0.338 e. The zero-order valence-corrected chi connectivity index (χ0v) is 11.5. The van der Waals surface area contributed by atoms with E-state index in [1.807, 2.05) is 0 Å². The molecule has 2 aliphatic rings. The van der Waals surface area contributed by atoms with Crippen molar-refractivity contribution in [2.24, 2.45) is 0 Å². The van der Waals surface area contributed by atoms with Crippen molar-refractivity contribution in [2.45, 2.75) is 50.6 Å². The largest absolute Gasteiger partial charge is 0.338 e. The van der Waals surface area contributed by atoms with Crippen molar-refractivity contribution in [3.63, 3.8) is 0 Å². The molecule has 4 nitrogen and oxygen atoms in total. The van der Waals surface area contributed by atoms with E-state index in [0.717, 1.165) is 18.1 Å². The lowest BCUT2D eigenvalue weighted by Crippen LogP contribution is -2.25. The maximum Gasteiger partial charge on any atom is 0.240 e. The maximum atomic E-state index is 5.37. The first-order chi connectivity index (χ1) is 9.90. The third-order valence-electron chi connectivity index (χ3n) is 4.55. The second-order valence-corrected chi connectivity index (χ2v) is 5.86. The summed E-state index contributed by atoms with van der Waals surface area (Å²) in [4.78, 5) is 4.55. The number of hydrogen-bond donors (Lipinski definition) is 1. The van der Waals surface area contributed by atoms with E-state index in [4.69, 9.17) is 4.52 Å². The van der Waals surface area contributed by atoms with Gasteiger partial charge in [0.05, 0.1) is 12.5 Å². The molecule has 4 rings (SSSR count). The fraction of sp³-hybridized carbons (Fsp3) is 0.500. The monoisotopic (exact) mass is 269 g/mol. The third kappa shape index (κ3) is 2.14. The third-order valence-corrected chi connectivity index (χ3v) is 4.55. The van der Waals surface area contributed by atoms with Crippen LogP contribution in [0.2, 0.25) is 0 Å². The average Bonchev–Trinajstić information content (AvgIpc) is 3.09.